The third kappa shape index (κ3) is 4.24. The minimum absolute atomic E-state index is 0.404. The van der Waals surface area contributed by atoms with E-state index in [1.807, 2.05) is 30.3 Å². The van der Waals surface area contributed by atoms with Crippen LogP contribution in [-0.2, 0) is 0 Å². The maximum Gasteiger partial charge on any atom is 0.127 e. The highest BCUT2D eigenvalue weighted by atomic mass is 79.9. The number of halogens is 2. The summed E-state index contributed by atoms with van der Waals surface area (Å²) in [4.78, 5) is 0. The van der Waals surface area contributed by atoms with Gasteiger partial charge in [-0.05, 0) is 42.0 Å². The molecular weight excluding hydrogens is 362 g/mol. The van der Waals surface area contributed by atoms with Crippen molar-refractivity contribution in [1.29, 1.82) is 5.26 Å². The molecule has 0 atom stereocenters. The molecule has 0 aliphatic carbocycles. The third-order valence-electron chi connectivity index (χ3n) is 2.88. The van der Waals surface area contributed by atoms with Crippen molar-refractivity contribution in [2.45, 2.75) is 0 Å². The van der Waals surface area contributed by atoms with E-state index < -0.39 is 0 Å². The van der Waals surface area contributed by atoms with E-state index in [2.05, 4.69) is 28.6 Å². The smallest absolute Gasteiger partial charge is 0.127 e. The van der Waals surface area contributed by atoms with Gasteiger partial charge < -0.3 is 4.74 Å². The minimum Gasteiger partial charge on any atom is -0.489 e. The molecule has 0 spiro atoms. The van der Waals surface area contributed by atoms with E-state index in [0.29, 0.717) is 23.0 Å². The Bertz CT molecular complexity index is 762. The van der Waals surface area contributed by atoms with E-state index in [1.54, 1.807) is 24.3 Å². The van der Waals surface area contributed by atoms with E-state index in [1.165, 1.54) is 0 Å². The van der Waals surface area contributed by atoms with Crippen molar-refractivity contribution in [2.24, 2.45) is 0 Å². The Hall–Kier alpha value is -2.02. The molecule has 22 heavy (non-hydrogen) atoms. The van der Waals surface area contributed by atoms with Crippen LogP contribution in [-0.4, -0.2) is 6.61 Å². The first kappa shape index (κ1) is 16.4. The highest BCUT2D eigenvalue weighted by Gasteiger charge is 2.06. The molecule has 0 saturated carbocycles. The summed E-state index contributed by atoms with van der Waals surface area (Å²) in [7, 11) is 0. The van der Waals surface area contributed by atoms with Crippen LogP contribution in [0.15, 0.2) is 59.6 Å². The third-order valence-corrected chi connectivity index (χ3v) is 3.61. The molecule has 2 aromatic rings. The normalized spacial score (nSPS) is 10.9. The van der Waals surface area contributed by atoms with Crippen molar-refractivity contribution in [1.82, 2.24) is 0 Å². The molecule has 2 rings (SSSR count). The van der Waals surface area contributed by atoms with Gasteiger partial charge >= 0.3 is 0 Å². The summed E-state index contributed by atoms with van der Waals surface area (Å²) in [6.45, 7) is 4.04. The summed E-state index contributed by atoms with van der Waals surface area (Å²) in [5, 5.41) is 10.0. The van der Waals surface area contributed by atoms with Crippen LogP contribution in [0.1, 0.15) is 11.1 Å². The van der Waals surface area contributed by atoms with Crippen LogP contribution in [0.25, 0.3) is 11.6 Å². The van der Waals surface area contributed by atoms with Crippen LogP contribution in [0.2, 0.25) is 5.02 Å². The van der Waals surface area contributed by atoms with E-state index in [4.69, 9.17) is 16.3 Å². The Labute approximate surface area is 143 Å². The van der Waals surface area contributed by atoms with E-state index in [9.17, 15) is 5.26 Å². The molecule has 0 radical (unpaired) electrons. The largest absolute Gasteiger partial charge is 0.489 e. The average Bonchev–Trinajstić information content (AvgIpc) is 2.51. The van der Waals surface area contributed by atoms with Gasteiger partial charge in [-0.2, -0.15) is 5.26 Å². The second kappa shape index (κ2) is 7.84. The minimum atomic E-state index is 0.404. The maximum absolute atomic E-state index is 9.44. The maximum atomic E-state index is 9.44. The van der Waals surface area contributed by atoms with Crippen LogP contribution >= 0.6 is 27.5 Å². The van der Waals surface area contributed by atoms with Crippen molar-refractivity contribution >= 4 is 39.2 Å². The van der Waals surface area contributed by atoms with Crippen molar-refractivity contribution < 1.29 is 4.74 Å². The van der Waals surface area contributed by atoms with Crippen molar-refractivity contribution in [3.05, 3.63) is 75.7 Å². The average molecular weight is 375 g/mol. The monoisotopic (exact) mass is 373 g/mol. The highest BCUT2D eigenvalue weighted by Crippen LogP contribution is 2.28. The molecule has 0 aliphatic rings. The lowest BCUT2D eigenvalue weighted by atomic mass is 10.0. The number of nitriles is 1. The number of hydrogen-bond acceptors (Lipinski definition) is 2. The van der Waals surface area contributed by atoms with Gasteiger partial charge in [0.2, 0.25) is 0 Å². The van der Waals surface area contributed by atoms with E-state index in [0.717, 1.165) is 15.6 Å². The molecule has 110 valence electrons. The Morgan fingerprint density at radius 3 is 2.82 bits per heavy atom. The SMILES string of the molecule is C=CCOc1ccc(Br)cc1/C=C(/C#N)c1cccc(Cl)c1. The van der Waals surface area contributed by atoms with Gasteiger partial charge in [0.05, 0.1) is 11.6 Å². The predicted molar refractivity (Wildman–Crippen MR) is 94.8 cm³/mol. The molecule has 2 aromatic carbocycles. The highest BCUT2D eigenvalue weighted by molar-refractivity contribution is 9.10. The second-order valence-corrected chi connectivity index (χ2v) is 5.81. The fourth-order valence-electron chi connectivity index (χ4n) is 1.90. The first-order valence-corrected chi connectivity index (χ1v) is 7.72. The molecule has 4 heteroatoms. The van der Waals surface area contributed by atoms with Crippen LogP contribution in [0.5, 0.6) is 5.75 Å². The van der Waals surface area contributed by atoms with Crippen molar-refractivity contribution in [3.8, 4) is 11.8 Å². The fraction of sp³-hybridized carbons (Fsp3) is 0.0556. The topological polar surface area (TPSA) is 33.0 Å². The summed E-state index contributed by atoms with van der Waals surface area (Å²) in [6, 6.07) is 15.1. The molecule has 2 nitrogen and oxygen atoms in total. The number of rotatable bonds is 5. The summed E-state index contributed by atoms with van der Waals surface area (Å²) >= 11 is 9.43. The lowest BCUT2D eigenvalue weighted by Gasteiger charge is -2.09. The summed E-state index contributed by atoms with van der Waals surface area (Å²) in [6.07, 6.45) is 3.46. The lowest BCUT2D eigenvalue weighted by molar-refractivity contribution is 0.362. The van der Waals surface area contributed by atoms with Crippen molar-refractivity contribution in [2.75, 3.05) is 6.61 Å². The predicted octanol–water partition coefficient (Wildman–Crippen LogP) is 5.73. The van der Waals surface area contributed by atoms with Crippen LogP contribution in [0, 0.1) is 11.3 Å². The van der Waals surface area contributed by atoms with E-state index >= 15 is 0 Å². The summed E-state index contributed by atoms with van der Waals surface area (Å²) in [5.41, 5.74) is 2.10. The zero-order chi connectivity index (χ0) is 15.9. The van der Waals surface area contributed by atoms with E-state index in [-0.39, 0.29) is 0 Å². The molecule has 0 aliphatic heterocycles. The molecule has 0 bridgehead atoms. The molecule has 0 unspecified atom stereocenters. The second-order valence-electron chi connectivity index (χ2n) is 4.46. The summed E-state index contributed by atoms with van der Waals surface area (Å²) in [5.74, 6) is 0.692. The quantitative estimate of drug-likeness (QED) is 0.380. The molecule has 0 aromatic heterocycles. The van der Waals surface area contributed by atoms with Gasteiger partial charge in [0.1, 0.15) is 12.4 Å². The number of allylic oxidation sites excluding steroid dienone is 1. The number of benzene rings is 2. The lowest BCUT2D eigenvalue weighted by Crippen LogP contribution is -1.95. The zero-order valence-electron chi connectivity index (χ0n) is 11.7. The zero-order valence-corrected chi connectivity index (χ0v) is 14.1. The first-order valence-electron chi connectivity index (χ1n) is 6.55. The Kier molecular flexibility index (Phi) is 5.83. The molecule has 0 heterocycles. The number of ether oxygens (including phenoxy) is 1. The van der Waals surface area contributed by atoms with Crippen LogP contribution in [0.4, 0.5) is 0 Å². The molecule has 0 amide bonds. The first-order chi connectivity index (χ1) is 10.6. The van der Waals surface area contributed by atoms with Gasteiger partial charge in [-0.15, -0.1) is 0 Å². The fourth-order valence-corrected chi connectivity index (χ4v) is 2.47. The van der Waals surface area contributed by atoms with Gasteiger partial charge in [0.15, 0.2) is 0 Å². The molecule has 0 fully saturated rings. The molecular formula is C18H13BrClNO. The van der Waals surface area contributed by atoms with Gasteiger partial charge in [0.25, 0.3) is 0 Å². The molecule has 0 N–H and O–H groups in total. The number of nitrogens with zero attached hydrogens (tertiary/aromatic N) is 1. The Balaban J connectivity index is 2.47. The standard InChI is InChI=1S/C18H13BrClNO/c1-2-8-22-18-7-6-16(19)10-14(18)9-15(12-21)13-4-3-5-17(20)11-13/h2-7,9-11H,1,8H2/b15-9-. The molecule has 0 saturated heterocycles. The van der Waals surface area contributed by atoms with Crippen molar-refractivity contribution in [3.63, 3.8) is 0 Å². The van der Waals surface area contributed by atoms with Gasteiger partial charge in [0, 0.05) is 15.1 Å². The van der Waals surface area contributed by atoms with Crippen LogP contribution in [0.3, 0.4) is 0 Å². The summed E-state index contributed by atoms with van der Waals surface area (Å²) < 4.78 is 6.54. The number of hydrogen-bond donors (Lipinski definition) is 0. The van der Waals surface area contributed by atoms with Crippen LogP contribution < -0.4 is 4.74 Å². The Morgan fingerprint density at radius 1 is 1.32 bits per heavy atom. The van der Waals surface area contributed by atoms with Gasteiger partial charge in [-0.1, -0.05) is 52.3 Å². The Morgan fingerprint density at radius 2 is 2.14 bits per heavy atom. The van der Waals surface area contributed by atoms with Gasteiger partial charge in [-0.25, -0.2) is 0 Å². The van der Waals surface area contributed by atoms with Gasteiger partial charge in [-0.3, -0.25) is 0 Å².